The quantitative estimate of drug-likeness (QED) is 0.651. The molecule has 1 rings (SSSR count). The number of urea groups is 1. The van der Waals surface area contributed by atoms with E-state index >= 15 is 0 Å². The van der Waals surface area contributed by atoms with Crippen molar-refractivity contribution in [3.63, 3.8) is 0 Å². The number of halogens is 1. The Bertz CT molecular complexity index is 392. The van der Waals surface area contributed by atoms with Gasteiger partial charge in [0, 0.05) is 10.2 Å². The SMILES string of the molecule is NC(=O)NC(=O)c1cc(Br)ccc1N. The van der Waals surface area contributed by atoms with E-state index in [-0.39, 0.29) is 11.3 Å². The number of anilines is 1. The van der Waals surface area contributed by atoms with E-state index in [1.165, 1.54) is 6.07 Å². The van der Waals surface area contributed by atoms with Gasteiger partial charge in [-0.25, -0.2) is 4.79 Å². The Morgan fingerprint density at radius 1 is 1.36 bits per heavy atom. The molecular formula is C8H8BrN3O2. The van der Waals surface area contributed by atoms with Gasteiger partial charge in [-0.1, -0.05) is 15.9 Å². The highest BCUT2D eigenvalue weighted by Crippen LogP contribution is 2.17. The highest BCUT2D eigenvalue weighted by molar-refractivity contribution is 9.10. The molecule has 1 aromatic carbocycles. The summed E-state index contributed by atoms with van der Waals surface area (Å²) in [4.78, 5) is 21.7. The van der Waals surface area contributed by atoms with E-state index in [0.29, 0.717) is 4.47 Å². The molecule has 0 fully saturated rings. The van der Waals surface area contributed by atoms with Crippen LogP contribution in [0.1, 0.15) is 10.4 Å². The van der Waals surface area contributed by atoms with Crippen LogP contribution in [0.2, 0.25) is 0 Å². The Hall–Kier alpha value is -1.56. The van der Waals surface area contributed by atoms with Crippen LogP contribution in [-0.4, -0.2) is 11.9 Å². The van der Waals surface area contributed by atoms with Crippen molar-refractivity contribution in [1.29, 1.82) is 0 Å². The third-order valence-corrected chi connectivity index (χ3v) is 1.99. The summed E-state index contributed by atoms with van der Waals surface area (Å²) in [5, 5.41) is 1.93. The lowest BCUT2D eigenvalue weighted by Gasteiger charge is -2.04. The number of hydrogen-bond donors (Lipinski definition) is 3. The predicted octanol–water partition coefficient (Wildman–Crippen LogP) is 0.840. The van der Waals surface area contributed by atoms with Crippen molar-refractivity contribution in [3.05, 3.63) is 28.2 Å². The summed E-state index contributed by atoms with van der Waals surface area (Å²) < 4.78 is 0.696. The molecule has 0 heterocycles. The van der Waals surface area contributed by atoms with Crippen molar-refractivity contribution < 1.29 is 9.59 Å². The van der Waals surface area contributed by atoms with Gasteiger partial charge in [-0.05, 0) is 18.2 Å². The first-order chi connectivity index (χ1) is 6.50. The van der Waals surface area contributed by atoms with E-state index in [4.69, 9.17) is 11.5 Å². The first-order valence-electron chi connectivity index (χ1n) is 3.66. The number of nitrogens with one attached hydrogen (secondary N) is 1. The molecule has 0 radical (unpaired) electrons. The average molecular weight is 258 g/mol. The summed E-state index contributed by atoms with van der Waals surface area (Å²) in [6.07, 6.45) is 0. The van der Waals surface area contributed by atoms with Crippen LogP contribution < -0.4 is 16.8 Å². The monoisotopic (exact) mass is 257 g/mol. The predicted molar refractivity (Wildman–Crippen MR) is 55.6 cm³/mol. The number of amides is 3. The van der Waals surface area contributed by atoms with Crippen molar-refractivity contribution in [2.24, 2.45) is 5.73 Å². The van der Waals surface area contributed by atoms with E-state index in [0.717, 1.165) is 0 Å². The third-order valence-electron chi connectivity index (χ3n) is 1.50. The van der Waals surface area contributed by atoms with Crippen LogP contribution in [0.15, 0.2) is 22.7 Å². The van der Waals surface area contributed by atoms with Crippen molar-refractivity contribution in [3.8, 4) is 0 Å². The fourth-order valence-corrected chi connectivity index (χ4v) is 1.27. The number of nitrogen functional groups attached to an aromatic ring is 1. The molecule has 0 aliphatic rings. The molecule has 14 heavy (non-hydrogen) atoms. The van der Waals surface area contributed by atoms with Gasteiger partial charge in [0.25, 0.3) is 5.91 Å². The Morgan fingerprint density at radius 3 is 2.57 bits per heavy atom. The summed E-state index contributed by atoms with van der Waals surface area (Å²) in [7, 11) is 0. The Kier molecular flexibility index (Phi) is 3.08. The number of hydrogen-bond acceptors (Lipinski definition) is 3. The molecule has 0 aliphatic carbocycles. The van der Waals surface area contributed by atoms with Gasteiger partial charge >= 0.3 is 6.03 Å². The van der Waals surface area contributed by atoms with Crippen LogP contribution in [0.4, 0.5) is 10.5 Å². The minimum atomic E-state index is -0.908. The van der Waals surface area contributed by atoms with Gasteiger partial charge in [-0.2, -0.15) is 0 Å². The first kappa shape index (κ1) is 10.5. The maximum atomic E-state index is 11.3. The minimum absolute atomic E-state index is 0.207. The van der Waals surface area contributed by atoms with Crippen LogP contribution in [0.5, 0.6) is 0 Å². The maximum absolute atomic E-state index is 11.3. The second kappa shape index (κ2) is 4.10. The van der Waals surface area contributed by atoms with Crippen LogP contribution in [0, 0.1) is 0 Å². The highest BCUT2D eigenvalue weighted by atomic mass is 79.9. The number of benzene rings is 1. The zero-order valence-corrected chi connectivity index (χ0v) is 8.67. The maximum Gasteiger partial charge on any atom is 0.319 e. The van der Waals surface area contributed by atoms with Gasteiger partial charge in [0.1, 0.15) is 0 Å². The normalized spacial score (nSPS) is 9.50. The van der Waals surface area contributed by atoms with Crippen molar-refractivity contribution in [1.82, 2.24) is 5.32 Å². The molecule has 3 amide bonds. The number of rotatable bonds is 1. The highest BCUT2D eigenvalue weighted by Gasteiger charge is 2.11. The van der Waals surface area contributed by atoms with Gasteiger partial charge in [0.2, 0.25) is 0 Å². The van der Waals surface area contributed by atoms with Gasteiger partial charge in [-0.3, -0.25) is 10.1 Å². The molecule has 0 spiro atoms. The van der Waals surface area contributed by atoms with Gasteiger partial charge in [0.15, 0.2) is 0 Å². The van der Waals surface area contributed by atoms with Crippen LogP contribution in [0.3, 0.4) is 0 Å². The third kappa shape index (κ3) is 2.46. The van der Waals surface area contributed by atoms with E-state index in [1.54, 1.807) is 12.1 Å². The van der Waals surface area contributed by atoms with Gasteiger partial charge in [-0.15, -0.1) is 0 Å². The standard InChI is InChI=1S/C8H8BrN3O2/c9-4-1-2-6(10)5(3-4)7(13)12-8(11)14/h1-3H,10H2,(H3,11,12,13,14). The Balaban J connectivity index is 3.00. The number of nitrogens with two attached hydrogens (primary N) is 2. The molecule has 1 aromatic rings. The van der Waals surface area contributed by atoms with Crippen LogP contribution >= 0.6 is 15.9 Å². The lowest BCUT2D eigenvalue weighted by molar-refractivity contribution is 0.0967. The lowest BCUT2D eigenvalue weighted by Crippen LogP contribution is -2.35. The summed E-state index contributed by atoms with van der Waals surface area (Å²) in [6.45, 7) is 0. The fraction of sp³-hybridized carbons (Fsp3) is 0. The second-order valence-corrected chi connectivity index (χ2v) is 3.47. The van der Waals surface area contributed by atoms with Crippen molar-refractivity contribution in [2.75, 3.05) is 5.73 Å². The minimum Gasteiger partial charge on any atom is -0.398 e. The van der Waals surface area contributed by atoms with E-state index in [1.807, 2.05) is 5.32 Å². The zero-order valence-electron chi connectivity index (χ0n) is 7.08. The Labute approximate surface area is 88.6 Å². The molecule has 6 heteroatoms. The van der Waals surface area contributed by atoms with E-state index in [2.05, 4.69) is 15.9 Å². The molecule has 0 bridgehead atoms. The fourth-order valence-electron chi connectivity index (χ4n) is 0.904. The summed E-state index contributed by atoms with van der Waals surface area (Å²) in [5.41, 5.74) is 10.8. The molecule has 0 atom stereocenters. The number of primary amides is 1. The molecule has 0 saturated heterocycles. The summed E-state index contributed by atoms with van der Waals surface area (Å²) in [6, 6.07) is 3.85. The van der Waals surface area contributed by atoms with Crippen LogP contribution in [-0.2, 0) is 0 Å². The molecule has 5 nitrogen and oxygen atoms in total. The molecule has 0 aliphatic heterocycles. The van der Waals surface area contributed by atoms with Crippen molar-refractivity contribution >= 4 is 33.6 Å². The molecule has 0 unspecified atom stereocenters. The van der Waals surface area contributed by atoms with Crippen molar-refractivity contribution in [2.45, 2.75) is 0 Å². The topological polar surface area (TPSA) is 98.2 Å². The largest absolute Gasteiger partial charge is 0.398 e. The smallest absolute Gasteiger partial charge is 0.319 e. The molecule has 0 saturated carbocycles. The van der Waals surface area contributed by atoms with Crippen LogP contribution in [0.25, 0.3) is 0 Å². The number of imide groups is 1. The van der Waals surface area contributed by atoms with Gasteiger partial charge in [0.05, 0.1) is 5.56 Å². The summed E-state index contributed by atoms with van der Waals surface area (Å²) in [5.74, 6) is -0.615. The molecule has 74 valence electrons. The lowest BCUT2D eigenvalue weighted by atomic mass is 10.2. The molecule has 5 N–H and O–H groups in total. The average Bonchev–Trinajstić information content (AvgIpc) is 2.08. The Morgan fingerprint density at radius 2 is 2.00 bits per heavy atom. The van der Waals surface area contributed by atoms with E-state index in [9.17, 15) is 9.59 Å². The first-order valence-corrected chi connectivity index (χ1v) is 4.46. The number of carbonyl (C=O) groups is 2. The zero-order chi connectivity index (χ0) is 10.7. The van der Waals surface area contributed by atoms with E-state index < -0.39 is 11.9 Å². The second-order valence-electron chi connectivity index (χ2n) is 2.55. The van der Waals surface area contributed by atoms with Gasteiger partial charge < -0.3 is 11.5 Å². The molecule has 0 aromatic heterocycles. The molecular weight excluding hydrogens is 250 g/mol. The number of carbonyl (C=O) groups excluding carboxylic acids is 2. The summed E-state index contributed by atoms with van der Waals surface area (Å²) >= 11 is 3.18.